The SMILES string of the molecule is O=C(Cl)[C@H]1CCCN1C(=O)CC(F)(F)F. The normalized spacial score (nSPS) is 21.9. The van der Waals surface area contributed by atoms with Crippen LogP contribution in [0.2, 0.25) is 0 Å². The van der Waals surface area contributed by atoms with Gasteiger partial charge in [-0.3, -0.25) is 9.59 Å². The molecule has 0 N–H and O–H groups in total. The highest BCUT2D eigenvalue weighted by molar-refractivity contribution is 6.64. The standard InChI is InChI=1S/C8H9ClF3NO2/c9-7(15)5-2-1-3-13(5)6(14)4-8(10,11)12/h5H,1-4H2/t5-/m1/s1. The average molecular weight is 244 g/mol. The second kappa shape index (κ2) is 4.38. The Morgan fingerprint density at radius 1 is 1.40 bits per heavy atom. The second-order valence-electron chi connectivity index (χ2n) is 3.34. The molecule has 86 valence electrons. The number of halogens is 4. The summed E-state index contributed by atoms with van der Waals surface area (Å²) in [5.74, 6) is -1.08. The van der Waals surface area contributed by atoms with Crippen molar-refractivity contribution in [1.82, 2.24) is 4.90 Å². The minimum Gasteiger partial charge on any atom is -0.331 e. The van der Waals surface area contributed by atoms with Gasteiger partial charge < -0.3 is 4.90 Å². The van der Waals surface area contributed by atoms with E-state index in [1.54, 1.807) is 0 Å². The van der Waals surface area contributed by atoms with Gasteiger partial charge in [-0.05, 0) is 24.4 Å². The summed E-state index contributed by atoms with van der Waals surface area (Å²) in [5.41, 5.74) is 0. The molecule has 1 saturated heterocycles. The van der Waals surface area contributed by atoms with Crippen molar-refractivity contribution in [2.45, 2.75) is 31.5 Å². The smallest absolute Gasteiger partial charge is 0.331 e. The molecule has 3 nitrogen and oxygen atoms in total. The van der Waals surface area contributed by atoms with Crippen LogP contribution in [-0.2, 0) is 9.59 Å². The summed E-state index contributed by atoms with van der Waals surface area (Å²) in [6, 6.07) is -0.887. The molecule has 1 fully saturated rings. The van der Waals surface area contributed by atoms with Crippen LogP contribution in [0.4, 0.5) is 13.2 Å². The lowest BCUT2D eigenvalue weighted by molar-refractivity contribution is -0.162. The van der Waals surface area contributed by atoms with Crippen LogP contribution in [0, 0.1) is 0 Å². The van der Waals surface area contributed by atoms with Crippen LogP contribution in [0.5, 0.6) is 0 Å². The molecule has 1 aliphatic heterocycles. The van der Waals surface area contributed by atoms with Gasteiger partial charge in [0.2, 0.25) is 11.1 Å². The number of hydrogen-bond acceptors (Lipinski definition) is 2. The topological polar surface area (TPSA) is 37.4 Å². The molecule has 7 heteroatoms. The van der Waals surface area contributed by atoms with Crippen molar-refractivity contribution in [3.05, 3.63) is 0 Å². The fourth-order valence-corrected chi connectivity index (χ4v) is 1.80. The number of alkyl halides is 3. The molecule has 1 amide bonds. The maximum atomic E-state index is 11.9. The third-order valence-electron chi connectivity index (χ3n) is 2.19. The average Bonchev–Trinajstić information content (AvgIpc) is 2.47. The Morgan fingerprint density at radius 3 is 2.47 bits per heavy atom. The lowest BCUT2D eigenvalue weighted by atomic mass is 10.2. The molecule has 1 heterocycles. The van der Waals surface area contributed by atoms with Crippen LogP contribution in [0.1, 0.15) is 19.3 Å². The van der Waals surface area contributed by atoms with Crippen molar-refractivity contribution in [3.8, 4) is 0 Å². The van der Waals surface area contributed by atoms with Crippen LogP contribution in [-0.4, -0.2) is 34.8 Å². The summed E-state index contributed by atoms with van der Waals surface area (Å²) in [6.07, 6.45) is -5.23. The molecule has 0 aromatic heterocycles. The molecule has 1 atom stereocenters. The molecule has 0 aromatic rings. The van der Waals surface area contributed by atoms with Gasteiger partial charge in [0.15, 0.2) is 0 Å². The van der Waals surface area contributed by atoms with E-state index < -0.39 is 29.8 Å². The van der Waals surface area contributed by atoms with Crippen LogP contribution >= 0.6 is 11.6 Å². The van der Waals surface area contributed by atoms with Crippen molar-refractivity contribution in [3.63, 3.8) is 0 Å². The van der Waals surface area contributed by atoms with Gasteiger partial charge in [0, 0.05) is 6.54 Å². The van der Waals surface area contributed by atoms with E-state index in [1.807, 2.05) is 0 Å². The van der Waals surface area contributed by atoms with Crippen LogP contribution < -0.4 is 0 Å². The number of nitrogens with zero attached hydrogens (tertiary/aromatic N) is 1. The Labute approximate surface area is 89.2 Å². The molecule has 0 aromatic carbocycles. The van der Waals surface area contributed by atoms with Gasteiger partial charge in [-0.1, -0.05) is 0 Å². The van der Waals surface area contributed by atoms with Gasteiger partial charge in [0.05, 0.1) is 0 Å². The maximum absolute atomic E-state index is 11.9. The number of carbonyl (C=O) groups excluding carboxylic acids is 2. The summed E-state index contributed by atoms with van der Waals surface area (Å²) >= 11 is 5.18. The quantitative estimate of drug-likeness (QED) is 0.692. The number of hydrogen-bond donors (Lipinski definition) is 0. The predicted molar refractivity (Wildman–Crippen MR) is 46.3 cm³/mol. The summed E-state index contributed by atoms with van der Waals surface area (Å²) < 4.78 is 35.8. The van der Waals surface area contributed by atoms with Crippen LogP contribution in [0.3, 0.4) is 0 Å². The highest BCUT2D eigenvalue weighted by Gasteiger charge is 2.39. The lowest BCUT2D eigenvalue weighted by Gasteiger charge is -2.22. The Morgan fingerprint density at radius 2 is 2.00 bits per heavy atom. The molecule has 0 radical (unpaired) electrons. The van der Waals surface area contributed by atoms with Gasteiger partial charge >= 0.3 is 6.18 Å². The maximum Gasteiger partial charge on any atom is 0.397 e. The minimum absolute atomic E-state index is 0.165. The van der Waals surface area contributed by atoms with E-state index in [-0.39, 0.29) is 6.54 Å². The van der Waals surface area contributed by atoms with Crippen molar-refractivity contribution < 1.29 is 22.8 Å². The fraction of sp³-hybridized carbons (Fsp3) is 0.750. The number of rotatable bonds is 2. The van der Waals surface area contributed by atoms with Gasteiger partial charge in [-0.25, -0.2) is 0 Å². The molecule has 1 aliphatic rings. The van der Waals surface area contributed by atoms with Crippen LogP contribution in [0.15, 0.2) is 0 Å². The van der Waals surface area contributed by atoms with Crippen molar-refractivity contribution in [2.24, 2.45) is 0 Å². The summed E-state index contributed by atoms with van der Waals surface area (Å²) in [5, 5.41) is -0.775. The molecule has 15 heavy (non-hydrogen) atoms. The van der Waals surface area contributed by atoms with Crippen molar-refractivity contribution >= 4 is 22.8 Å². The highest BCUT2D eigenvalue weighted by Crippen LogP contribution is 2.25. The zero-order valence-electron chi connectivity index (χ0n) is 7.68. The predicted octanol–water partition coefficient (Wildman–Crippen LogP) is 1.70. The first-order valence-corrected chi connectivity index (χ1v) is 4.74. The molecule has 1 rings (SSSR count). The van der Waals surface area contributed by atoms with Gasteiger partial charge in [0.25, 0.3) is 0 Å². The van der Waals surface area contributed by atoms with Crippen LogP contribution in [0.25, 0.3) is 0 Å². The molecule has 0 bridgehead atoms. The largest absolute Gasteiger partial charge is 0.397 e. The minimum atomic E-state index is -4.54. The lowest BCUT2D eigenvalue weighted by Crippen LogP contribution is -2.40. The zero-order chi connectivity index (χ0) is 11.6. The first-order valence-electron chi connectivity index (χ1n) is 4.37. The Bertz CT molecular complexity index is 280. The van der Waals surface area contributed by atoms with E-state index in [0.717, 1.165) is 4.90 Å². The van der Waals surface area contributed by atoms with Gasteiger partial charge in [0.1, 0.15) is 12.5 Å². The third kappa shape index (κ3) is 3.37. The first kappa shape index (κ1) is 12.3. The van der Waals surface area contributed by atoms with E-state index in [2.05, 4.69) is 0 Å². The highest BCUT2D eigenvalue weighted by atomic mass is 35.5. The van der Waals surface area contributed by atoms with E-state index in [1.165, 1.54) is 0 Å². The Hall–Kier alpha value is -0.780. The number of carbonyl (C=O) groups is 2. The molecule has 0 aliphatic carbocycles. The first-order chi connectivity index (χ1) is 6.81. The number of amides is 1. The molecule has 0 unspecified atom stereocenters. The second-order valence-corrected chi connectivity index (χ2v) is 3.71. The molecular formula is C8H9ClF3NO2. The number of likely N-dealkylation sites (tertiary alicyclic amines) is 1. The van der Waals surface area contributed by atoms with E-state index in [0.29, 0.717) is 12.8 Å². The molecular weight excluding hydrogens is 235 g/mol. The zero-order valence-corrected chi connectivity index (χ0v) is 8.44. The van der Waals surface area contributed by atoms with E-state index in [9.17, 15) is 22.8 Å². The Kier molecular flexibility index (Phi) is 3.59. The summed E-state index contributed by atoms with van der Waals surface area (Å²) in [7, 11) is 0. The monoisotopic (exact) mass is 243 g/mol. The third-order valence-corrected chi connectivity index (χ3v) is 2.44. The molecule has 0 spiro atoms. The fourth-order valence-electron chi connectivity index (χ4n) is 1.57. The van der Waals surface area contributed by atoms with Gasteiger partial charge in [-0.15, -0.1) is 0 Å². The van der Waals surface area contributed by atoms with Gasteiger partial charge in [-0.2, -0.15) is 13.2 Å². The summed E-state index contributed by atoms with van der Waals surface area (Å²) in [4.78, 5) is 22.9. The molecule has 0 saturated carbocycles. The van der Waals surface area contributed by atoms with Crippen molar-refractivity contribution in [2.75, 3.05) is 6.54 Å². The Balaban J connectivity index is 2.63. The summed E-state index contributed by atoms with van der Waals surface area (Å²) in [6.45, 7) is 0.165. The van der Waals surface area contributed by atoms with E-state index in [4.69, 9.17) is 11.6 Å². The van der Waals surface area contributed by atoms with Crippen molar-refractivity contribution in [1.29, 1.82) is 0 Å². The van der Waals surface area contributed by atoms with E-state index >= 15 is 0 Å².